The van der Waals surface area contributed by atoms with Crippen molar-refractivity contribution in [2.75, 3.05) is 38.5 Å². The summed E-state index contributed by atoms with van der Waals surface area (Å²) in [6.45, 7) is 2.06. The molecule has 0 fully saturated rings. The Morgan fingerprint density at radius 3 is 1.87 bits per heavy atom. The van der Waals surface area contributed by atoms with Gasteiger partial charge in [-0.2, -0.15) is 12.6 Å². The first kappa shape index (κ1) is 43.0. The van der Waals surface area contributed by atoms with Crippen molar-refractivity contribution in [1.82, 2.24) is 31.9 Å². The molecule has 0 aliphatic heterocycles. The maximum absolute atomic E-state index is 13.5. The first-order chi connectivity index (χ1) is 24.8. The van der Waals surface area contributed by atoms with E-state index in [4.69, 9.17) is 10.5 Å². The molecule has 3 atom stereocenters. The molecule has 0 spiro atoms. The number of thiol groups is 1. The van der Waals surface area contributed by atoms with Gasteiger partial charge in [0.25, 0.3) is 0 Å². The van der Waals surface area contributed by atoms with Gasteiger partial charge in [-0.25, -0.2) is 0 Å². The molecule has 16 nitrogen and oxygen atoms in total. The zero-order chi connectivity index (χ0) is 38.5. The quantitative estimate of drug-likeness (QED) is 0.0398. The third-order valence-corrected chi connectivity index (χ3v) is 7.65. The lowest BCUT2D eigenvalue weighted by molar-refractivity contribution is -0.144. The number of carbonyl (C=O) groups excluding carboxylic acids is 7. The molecule has 6 amide bonds. The van der Waals surface area contributed by atoms with Crippen LogP contribution in [0.5, 0.6) is 5.75 Å². The normalized spacial score (nSPS) is 12.4. The topological polar surface area (TPSA) is 247 Å². The highest BCUT2D eigenvalue weighted by Crippen LogP contribution is 2.12. The van der Waals surface area contributed by atoms with Crippen molar-refractivity contribution in [3.05, 3.63) is 65.7 Å². The first-order valence-corrected chi connectivity index (χ1v) is 17.4. The van der Waals surface area contributed by atoms with E-state index in [1.165, 1.54) is 12.1 Å². The van der Waals surface area contributed by atoms with Gasteiger partial charge in [-0.15, -0.1) is 0 Å². The molecule has 2 aromatic carbocycles. The Labute approximate surface area is 308 Å². The third kappa shape index (κ3) is 17.2. The lowest BCUT2D eigenvalue weighted by Crippen LogP contribution is -2.56. The van der Waals surface area contributed by atoms with Gasteiger partial charge in [0.1, 0.15) is 30.4 Å². The molecule has 284 valence electrons. The number of benzene rings is 2. The molecule has 0 heterocycles. The van der Waals surface area contributed by atoms with E-state index in [0.29, 0.717) is 23.3 Å². The van der Waals surface area contributed by atoms with E-state index in [-0.39, 0.29) is 50.6 Å². The van der Waals surface area contributed by atoms with Gasteiger partial charge < -0.3 is 47.5 Å². The number of amides is 6. The highest BCUT2D eigenvalue weighted by atomic mass is 32.1. The molecule has 52 heavy (non-hydrogen) atoms. The molecule has 2 aromatic rings. The Bertz CT molecular complexity index is 1490. The van der Waals surface area contributed by atoms with Crippen LogP contribution >= 0.6 is 12.6 Å². The fourth-order valence-corrected chi connectivity index (χ4v) is 4.86. The minimum absolute atomic E-state index is 0.0173. The SMILES string of the molecule is CC(C)C[C@H](NC(=O)[C@H](Cc1ccccc1)NC(=O)CNC(=O)CNC(=O)[C@H](Cc1ccc(O)cc1)NC(=O)CN)C(=O)NCC(=O)OCCCS. The van der Waals surface area contributed by atoms with Crippen LogP contribution in [0.1, 0.15) is 37.8 Å². The number of phenolic OH excluding ortho intramolecular Hbond substituents is 1. The maximum atomic E-state index is 13.5. The second kappa shape index (κ2) is 23.3. The van der Waals surface area contributed by atoms with Crippen LogP contribution < -0.4 is 37.6 Å². The van der Waals surface area contributed by atoms with Crippen LogP contribution in [0.25, 0.3) is 0 Å². The zero-order valence-corrected chi connectivity index (χ0v) is 30.2. The van der Waals surface area contributed by atoms with Gasteiger partial charge in [0, 0.05) is 12.8 Å². The summed E-state index contributed by atoms with van der Waals surface area (Å²) in [6, 6.07) is 11.6. The second-order valence-electron chi connectivity index (χ2n) is 12.2. The lowest BCUT2D eigenvalue weighted by Gasteiger charge is -2.24. The molecule has 17 heteroatoms. The molecular weight excluding hydrogens is 694 g/mol. The molecule has 0 aromatic heterocycles. The van der Waals surface area contributed by atoms with E-state index >= 15 is 0 Å². The smallest absolute Gasteiger partial charge is 0.325 e. The van der Waals surface area contributed by atoms with Gasteiger partial charge in [-0.1, -0.05) is 56.3 Å². The van der Waals surface area contributed by atoms with Gasteiger partial charge in [-0.05, 0) is 47.8 Å². The van der Waals surface area contributed by atoms with Gasteiger partial charge in [-0.3, -0.25) is 33.6 Å². The maximum Gasteiger partial charge on any atom is 0.325 e. The summed E-state index contributed by atoms with van der Waals surface area (Å²) in [5.41, 5.74) is 6.72. The summed E-state index contributed by atoms with van der Waals surface area (Å²) in [4.78, 5) is 88.8. The molecule has 0 bridgehead atoms. The van der Waals surface area contributed by atoms with E-state index < -0.39 is 72.6 Å². The second-order valence-corrected chi connectivity index (χ2v) is 12.7. The summed E-state index contributed by atoms with van der Waals surface area (Å²) in [5.74, 6) is -4.06. The average molecular weight is 744 g/mol. The zero-order valence-electron chi connectivity index (χ0n) is 29.3. The van der Waals surface area contributed by atoms with Crippen LogP contribution in [0.2, 0.25) is 0 Å². The highest BCUT2D eigenvalue weighted by Gasteiger charge is 2.28. The molecule has 0 radical (unpaired) electrons. The monoisotopic (exact) mass is 743 g/mol. The van der Waals surface area contributed by atoms with Crippen LogP contribution in [-0.4, -0.2) is 103 Å². The Morgan fingerprint density at radius 1 is 0.692 bits per heavy atom. The fourth-order valence-electron chi connectivity index (χ4n) is 4.73. The largest absolute Gasteiger partial charge is 0.508 e. The average Bonchev–Trinajstić information content (AvgIpc) is 3.12. The predicted molar refractivity (Wildman–Crippen MR) is 195 cm³/mol. The fraction of sp³-hybridized carbons (Fsp3) is 0.457. The summed E-state index contributed by atoms with van der Waals surface area (Å²) in [5, 5.41) is 24.6. The number of ether oxygens (including phenoxy) is 1. The van der Waals surface area contributed by atoms with Crippen molar-refractivity contribution in [2.45, 2.75) is 57.7 Å². The Morgan fingerprint density at radius 2 is 1.25 bits per heavy atom. The number of aromatic hydroxyl groups is 1. The van der Waals surface area contributed by atoms with E-state index in [1.54, 1.807) is 42.5 Å². The van der Waals surface area contributed by atoms with Crippen LogP contribution in [-0.2, 0) is 51.1 Å². The number of phenols is 1. The van der Waals surface area contributed by atoms with Crippen LogP contribution in [0.4, 0.5) is 0 Å². The Kier molecular flexibility index (Phi) is 19.3. The molecule has 2 rings (SSSR count). The summed E-state index contributed by atoms with van der Waals surface area (Å²) in [6.07, 6.45) is 0.915. The number of esters is 1. The van der Waals surface area contributed by atoms with Crippen molar-refractivity contribution in [3.63, 3.8) is 0 Å². The van der Waals surface area contributed by atoms with Gasteiger partial charge in [0.2, 0.25) is 35.4 Å². The molecule has 0 saturated carbocycles. The third-order valence-electron chi connectivity index (χ3n) is 7.33. The van der Waals surface area contributed by atoms with Gasteiger partial charge in [0.15, 0.2) is 0 Å². The number of hydrogen-bond donors (Lipinski definition) is 9. The lowest BCUT2D eigenvalue weighted by atomic mass is 10.0. The van der Waals surface area contributed by atoms with Crippen LogP contribution in [0.15, 0.2) is 54.6 Å². The standard InChI is InChI=1S/C35H49N7O9S/c1-22(2)15-26(33(48)39-21-32(47)51-13-6-14-52)42-35(50)28(16-23-7-4-3-5-8-23)41-31(46)20-37-30(45)19-38-34(49)27(40-29(44)18-36)17-24-9-11-25(43)12-10-24/h3-5,7-12,22,26-28,43,52H,6,13-21,36H2,1-2H3,(H,37,45)(H,38,49)(H,39,48)(H,40,44)(H,41,46)(H,42,50)/t26-,27-,28-/m0/s1. The highest BCUT2D eigenvalue weighted by molar-refractivity contribution is 7.80. The predicted octanol–water partition coefficient (Wildman–Crippen LogP) is -1.15. The van der Waals surface area contributed by atoms with Crippen LogP contribution in [0, 0.1) is 5.92 Å². The van der Waals surface area contributed by atoms with Crippen molar-refractivity contribution in [2.24, 2.45) is 11.7 Å². The summed E-state index contributed by atoms with van der Waals surface area (Å²) >= 11 is 4.06. The molecular formula is C35H49N7O9S. The van der Waals surface area contributed by atoms with Crippen LogP contribution in [0.3, 0.4) is 0 Å². The minimum Gasteiger partial charge on any atom is -0.508 e. The molecule has 0 unspecified atom stereocenters. The Balaban J connectivity index is 2.01. The summed E-state index contributed by atoms with van der Waals surface area (Å²) in [7, 11) is 0. The van der Waals surface area contributed by atoms with Gasteiger partial charge >= 0.3 is 5.97 Å². The molecule has 0 aliphatic rings. The van der Waals surface area contributed by atoms with E-state index in [2.05, 4.69) is 44.5 Å². The van der Waals surface area contributed by atoms with E-state index in [0.717, 1.165) is 0 Å². The van der Waals surface area contributed by atoms with Crippen molar-refractivity contribution >= 4 is 54.0 Å². The van der Waals surface area contributed by atoms with Crippen molar-refractivity contribution in [1.29, 1.82) is 0 Å². The van der Waals surface area contributed by atoms with Crippen molar-refractivity contribution < 1.29 is 43.4 Å². The summed E-state index contributed by atoms with van der Waals surface area (Å²) < 4.78 is 5.03. The van der Waals surface area contributed by atoms with Gasteiger partial charge in [0.05, 0.1) is 26.2 Å². The molecule has 0 saturated heterocycles. The number of nitrogens with one attached hydrogen (secondary N) is 6. The number of hydrogen-bond acceptors (Lipinski definition) is 11. The van der Waals surface area contributed by atoms with Crippen molar-refractivity contribution in [3.8, 4) is 5.75 Å². The molecule has 0 aliphatic carbocycles. The number of nitrogens with two attached hydrogens (primary N) is 1. The van der Waals surface area contributed by atoms with E-state index in [1.807, 2.05) is 13.8 Å². The number of rotatable bonds is 22. The minimum atomic E-state index is -1.15. The molecule has 9 N–H and O–H groups in total. The van der Waals surface area contributed by atoms with E-state index in [9.17, 15) is 38.7 Å². The first-order valence-electron chi connectivity index (χ1n) is 16.8. The number of carbonyl (C=O) groups is 7. The Hall–Kier alpha value is -5.16.